The van der Waals surface area contributed by atoms with Gasteiger partial charge in [0.25, 0.3) is 0 Å². The quantitative estimate of drug-likeness (QED) is 0.550. The van der Waals surface area contributed by atoms with Crippen LogP contribution in [-0.4, -0.2) is 57.8 Å². The number of anilines is 1. The highest BCUT2D eigenvalue weighted by molar-refractivity contribution is 7.92. The zero-order valence-electron chi connectivity index (χ0n) is 19.9. The lowest BCUT2D eigenvalue weighted by atomic mass is 10.1. The number of carbonyl (C=O) groups is 2. The molecule has 0 saturated heterocycles. The summed E-state index contributed by atoms with van der Waals surface area (Å²) in [4.78, 5) is 27.0. The van der Waals surface area contributed by atoms with Crippen molar-refractivity contribution in [1.82, 2.24) is 10.2 Å². The first-order chi connectivity index (χ1) is 16.1. The molecule has 0 spiro atoms. The number of hydrogen-bond donors (Lipinski definition) is 1. The molecule has 184 valence electrons. The van der Waals surface area contributed by atoms with Gasteiger partial charge in [-0.3, -0.25) is 13.9 Å². The molecule has 0 aliphatic carbocycles. The molecule has 3 rings (SSSR count). The van der Waals surface area contributed by atoms with Crippen molar-refractivity contribution in [2.75, 3.05) is 30.9 Å². The van der Waals surface area contributed by atoms with Gasteiger partial charge >= 0.3 is 0 Å². The van der Waals surface area contributed by atoms with E-state index in [1.807, 2.05) is 31.2 Å². The second-order valence-electron chi connectivity index (χ2n) is 8.28. The van der Waals surface area contributed by atoms with Crippen LogP contribution in [0.5, 0.6) is 11.5 Å². The fourth-order valence-corrected chi connectivity index (χ4v) is 4.80. The summed E-state index contributed by atoms with van der Waals surface area (Å²) in [6, 6.07) is 12.0. The first-order valence-electron chi connectivity index (χ1n) is 11.0. The Bertz CT molecular complexity index is 1150. The highest BCUT2D eigenvalue weighted by atomic mass is 32.2. The molecule has 1 aliphatic rings. The number of nitrogens with one attached hydrogen (secondary N) is 1. The Morgan fingerprint density at radius 3 is 2.53 bits per heavy atom. The Labute approximate surface area is 200 Å². The molecule has 0 fully saturated rings. The van der Waals surface area contributed by atoms with E-state index in [1.165, 1.54) is 16.3 Å². The van der Waals surface area contributed by atoms with Crippen LogP contribution in [0.3, 0.4) is 0 Å². The maximum absolute atomic E-state index is 13.2. The van der Waals surface area contributed by atoms with Gasteiger partial charge in [0, 0.05) is 32.6 Å². The Morgan fingerprint density at radius 1 is 1.12 bits per heavy atom. The first-order valence-corrected chi connectivity index (χ1v) is 12.9. The van der Waals surface area contributed by atoms with E-state index in [1.54, 1.807) is 25.1 Å². The van der Waals surface area contributed by atoms with Crippen molar-refractivity contribution in [3.63, 3.8) is 0 Å². The van der Waals surface area contributed by atoms with Gasteiger partial charge in [0.1, 0.15) is 6.04 Å². The second-order valence-corrected chi connectivity index (χ2v) is 10.2. The molecule has 10 heteroatoms. The number of fused-ring (bicyclic) bond motifs is 1. The molecular weight excluding hydrogens is 458 g/mol. The summed E-state index contributed by atoms with van der Waals surface area (Å²) < 4.78 is 36.8. The molecular formula is C24H31N3O6S. The fraction of sp³-hybridized carbons (Fsp3) is 0.417. The summed E-state index contributed by atoms with van der Waals surface area (Å²) in [5.74, 6) is 0.546. The van der Waals surface area contributed by atoms with Gasteiger partial charge in [-0.2, -0.15) is 0 Å². The fourth-order valence-electron chi connectivity index (χ4n) is 3.84. The molecule has 0 saturated carbocycles. The van der Waals surface area contributed by atoms with Crippen molar-refractivity contribution < 1.29 is 27.5 Å². The lowest BCUT2D eigenvalue weighted by Crippen LogP contribution is -2.46. The number of ether oxygens (including phenoxy) is 2. The van der Waals surface area contributed by atoms with Crippen LogP contribution in [0.15, 0.2) is 42.5 Å². The van der Waals surface area contributed by atoms with Crippen LogP contribution >= 0.6 is 0 Å². The largest absolute Gasteiger partial charge is 0.454 e. The Hall–Kier alpha value is -3.27. The maximum atomic E-state index is 13.2. The van der Waals surface area contributed by atoms with Crippen LogP contribution < -0.4 is 19.1 Å². The van der Waals surface area contributed by atoms with Gasteiger partial charge < -0.3 is 19.7 Å². The number of aryl methyl sites for hydroxylation is 1. The molecule has 1 N–H and O–H groups in total. The van der Waals surface area contributed by atoms with E-state index in [9.17, 15) is 18.0 Å². The number of hydrogen-bond acceptors (Lipinski definition) is 6. The van der Waals surface area contributed by atoms with Crippen molar-refractivity contribution in [2.45, 2.75) is 39.3 Å². The predicted molar refractivity (Wildman–Crippen MR) is 129 cm³/mol. The zero-order valence-corrected chi connectivity index (χ0v) is 20.7. The summed E-state index contributed by atoms with van der Waals surface area (Å²) in [7, 11) is -2.06. The third-order valence-electron chi connectivity index (χ3n) is 5.65. The highest BCUT2D eigenvalue weighted by Crippen LogP contribution is 2.36. The Morgan fingerprint density at radius 2 is 1.85 bits per heavy atom. The van der Waals surface area contributed by atoms with E-state index in [4.69, 9.17) is 9.47 Å². The van der Waals surface area contributed by atoms with Crippen LogP contribution in [0.25, 0.3) is 0 Å². The first kappa shape index (κ1) is 25.4. The summed E-state index contributed by atoms with van der Waals surface area (Å²) >= 11 is 0. The molecule has 2 aromatic carbocycles. The lowest BCUT2D eigenvalue weighted by Gasteiger charge is -2.29. The number of nitrogens with zero attached hydrogens (tertiary/aromatic N) is 2. The van der Waals surface area contributed by atoms with E-state index in [2.05, 4.69) is 5.32 Å². The van der Waals surface area contributed by atoms with Crippen LogP contribution in [0, 0.1) is 6.92 Å². The van der Waals surface area contributed by atoms with E-state index >= 15 is 0 Å². The summed E-state index contributed by atoms with van der Waals surface area (Å²) in [6.45, 7) is 4.13. The molecule has 1 atom stereocenters. The minimum absolute atomic E-state index is 0.0870. The van der Waals surface area contributed by atoms with Gasteiger partial charge in [-0.25, -0.2) is 8.42 Å². The van der Waals surface area contributed by atoms with Gasteiger partial charge in [-0.1, -0.05) is 29.8 Å². The predicted octanol–water partition coefficient (Wildman–Crippen LogP) is 2.43. The third-order valence-corrected chi connectivity index (χ3v) is 6.84. The smallest absolute Gasteiger partial charge is 0.242 e. The number of amides is 2. The van der Waals surface area contributed by atoms with Crippen molar-refractivity contribution >= 4 is 27.5 Å². The maximum Gasteiger partial charge on any atom is 0.242 e. The minimum atomic E-state index is -3.59. The van der Waals surface area contributed by atoms with Crippen molar-refractivity contribution in [2.24, 2.45) is 0 Å². The van der Waals surface area contributed by atoms with E-state index in [0.29, 0.717) is 17.2 Å². The second kappa shape index (κ2) is 10.8. The number of sulfonamides is 1. The Balaban J connectivity index is 1.72. The molecule has 0 radical (unpaired) electrons. The topological polar surface area (TPSA) is 105 Å². The molecule has 2 amide bonds. The number of rotatable bonds is 10. The van der Waals surface area contributed by atoms with Crippen LogP contribution in [0.1, 0.15) is 30.9 Å². The monoisotopic (exact) mass is 489 g/mol. The van der Waals surface area contributed by atoms with E-state index in [-0.39, 0.29) is 44.5 Å². The zero-order chi connectivity index (χ0) is 24.9. The van der Waals surface area contributed by atoms with Gasteiger partial charge in [-0.15, -0.1) is 0 Å². The SMILES string of the molecule is CNC(=O)C(C)N(Cc1cccc(C)c1)C(=O)CCCN(c1ccc2c(c1)OCO2)S(C)(=O)=O. The van der Waals surface area contributed by atoms with Crippen molar-refractivity contribution in [1.29, 1.82) is 0 Å². The molecule has 9 nitrogen and oxygen atoms in total. The van der Waals surface area contributed by atoms with Crippen molar-refractivity contribution in [3.05, 3.63) is 53.6 Å². The van der Waals surface area contributed by atoms with Crippen molar-refractivity contribution in [3.8, 4) is 11.5 Å². The third kappa shape index (κ3) is 6.19. The van der Waals surface area contributed by atoms with E-state index < -0.39 is 16.1 Å². The molecule has 2 aromatic rings. The van der Waals surface area contributed by atoms with Gasteiger partial charge in [0.05, 0.1) is 11.9 Å². The molecule has 1 aliphatic heterocycles. The van der Waals surface area contributed by atoms with Gasteiger partial charge in [0.2, 0.25) is 28.6 Å². The van der Waals surface area contributed by atoms with Crippen LogP contribution in [-0.2, 0) is 26.2 Å². The highest BCUT2D eigenvalue weighted by Gasteiger charge is 2.26. The molecule has 34 heavy (non-hydrogen) atoms. The van der Waals surface area contributed by atoms with E-state index in [0.717, 1.165) is 17.4 Å². The summed E-state index contributed by atoms with van der Waals surface area (Å²) in [5, 5.41) is 2.59. The standard InChI is InChI=1S/C24H31N3O6S/c1-17-7-5-8-19(13-17)15-26(18(2)24(29)25-3)23(28)9-6-12-27(34(4,30)31)20-10-11-21-22(14-20)33-16-32-21/h5,7-8,10-11,13-14,18H,6,9,12,15-16H2,1-4H3,(H,25,29). The van der Waals surface area contributed by atoms with Gasteiger partial charge in [0.15, 0.2) is 11.5 Å². The minimum Gasteiger partial charge on any atom is -0.454 e. The van der Waals surface area contributed by atoms with Crippen LogP contribution in [0.2, 0.25) is 0 Å². The average Bonchev–Trinajstić information content (AvgIpc) is 3.26. The number of benzene rings is 2. The average molecular weight is 490 g/mol. The van der Waals surface area contributed by atoms with Gasteiger partial charge in [-0.05, 0) is 38.0 Å². The Kier molecular flexibility index (Phi) is 8.03. The van der Waals surface area contributed by atoms with Crippen LogP contribution in [0.4, 0.5) is 5.69 Å². The molecule has 0 aromatic heterocycles. The summed E-state index contributed by atoms with van der Waals surface area (Å²) in [5.41, 5.74) is 2.42. The normalized spacial score (nSPS) is 13.3. The summed E-state index contributed by atoms with van der Waals surface area (Å²) in [6.07, 6.45) is 1.49. The molecule has 1 unspecified atom stereocenters. The number of carbonyl (C=O) groups excluding carboxylic acids is 2. The molecule has 0 bridgehead atoms. The number of likely N-dealkylation sites (N-methyl/N-ethyl adjacent to an activating group) is 1. The molecule has 1 heterocycles. The lowest BCUT2D eigenvalue weighted by molar-refractivity contribution is -0.140.